The minimum Gasteiger partial charge on any atom is -0.424 e. The summed E-state index contributed by atoms with van der Waals surface area (Å²) in [6, 6.07) is 6.48. The second-order valence-electron chi connectivity index (χ2n) is 6.26. The van der Waals surface area contributed by atoms with Crippen LogP contribution in [0.2, 0.25) is 0 Å². The number of piperidine rings is 1. The molecule has 1 saturated heterocycles. The zero-order valence-electron chi connectivity index (χ0n) is 14.4. The van der Waals surface area contributed by atoms with Crippen molar-refractivity contribution in [2.45, 2.75) is 32.4 Å². The highest BCUT2D eigenvalue weighted by Gasteiger charge is 2.22. The lowest BCUT2D eigenvalue weighted by Gasteiger charge is -2.34. The molecule has 0 radical (unpaired) electrons. The summed E-state index contributed by atoms with van der Waals surface area (Å²) in [5, 5.41) is 10.7. The van der Waals surface area contributed by atoms with Gasteiger partial charge in [-0.1, -0.05) is 0 Å². The van der Waals surface area contributed by atoms with Crippen molar-refractivity contribution in [3.8, 4) is 0 Å². The quantitative estimate of drug-likeness (QED) is 0.919. The molecular formula is C17H22FN5O2. The molecule has 2 heterocycles. The molecule has 3 rings (SSSR count). The van der Waals surface area contributed by atoms with Gasteiger partial charge in [0.15, 0.2) is 0 Å². The number of hydrogen-bond donors (Lipinski definition) is 1. The Morgan fingerprint density at radius 3 is 2.60 bits per heavy atom. The maximum atomic E-state index is 13.0. The predicted molar refractivity (Wildman–Crippen MR) is 90.7 cm³/mol. The number of urea groups is 1. The van der Waals surface area contributed by atoms with E-state index in [1.807, 2.05) is 0 Å². The highest BCUT2D eigenvalue weighted by molar-refractivity contribution is 5.74. The highest BCUT2D eigenvalue weighted by atomic mass is 19.1. The molecule has 0 bridgehead atoms. The number of anilines is 1. The van der Waals surface area contributed by atoms with E-state index in [-0.39, 0.29) is 24.4 Å². The van der Waals surface area contributed by atoms with Crippen molar-refractivity contribution in [1.82, 2.24) is 20.4 Å². The summed E-state index contributed by atoms with van der Waals surface area (Å²) in [4.78, 5) is 16.0. The summed E-state index contributed by atoms with van der Waals surface area (Å²) in [6.07, 6.45) is 1.69. The van der Waals surface area contributed by atoms with E-state index in [0.717, 1.165) is 31.6 Å². The van der Waals surface area contributed by atoms with E-state index in [4.69, 9.17) is 4.42 Å². The molecule has 1 N–H and O–H groups in total. The molecule has 1 aromatic carbocycles. The molecule has 0 spiro atoms. The van der Waals surface area contributed by atoms with Gasteiger partial charge in [-0.15, -0.1) is 10.2 Å². The van der Waals surface area contributed by atoms with E-state index >= 15 is 0 Å². The number of rotatable bonds is 4. The zero-order valence-corrected chi connectivity index (χ0v) is 14.4. The lowest BCUT2D eigenvalue weighted by molar-refractivity contribution is 0.195. The van der Waals surface area contributed by atoms with Crippen molar-refractivity contribution in [3.63, 3.8) is 0 Å². The Balaban J connectivity index is 1.46. The molecule has 134 valence electrons. The smallest absolute Gasteiger partial charge is 0.317 e. The van der Waals surface area contributed by atoms with Gasteiger partial charge < -0.3 is 19.5 Å². The first-order valence-corrected chi connectivity index (χ1v) is 8.32. The van der Waals surface area contributed by atoms with Crippen LogP contribution in [0.1, 0.15) is 24.6 Å². The number of hydrogen-bond acceptors (Lipinski definition) is 5. The van der Waals surface area contributed by atoms with E-state index in [2.05, 4.69) is 20.4 Å². The third kappa shape index (κ3) is 4.46. The van der Waals surface area contributed by atoms with Crippen molar-refractivity contribution in [3.05, 3.63) is 41.9 Å². The molecule has 1 fully saturated rings. The standard InChI is InChI=1S/C17H22FN5O2/c1-12-20-21-16(25-12)11-22(2)17(24)19-14-7-9-23(10-8-14)15-5-3-13(18)4-6-15/h3-6,14H,7-11H2,1-2H3,(H,19,24). The molecule has 0 saturated carbocycles. The van der Waals surface area contributed by atoms with E-state index < -0.39 is 0 Å². The molecule has 0 unspecified atom stereocenters. The van der Waals surface area contributed by atoms with Crippen molar-refractivity contribution >= 4 is 11.7 Å². The molecule has 25 heavy (non-hydrogen) atoms. The Morgan fingerprint density at radius 2 is 2.00 bits per heavy atom. The van der Waals surface area contributed by atoms with Crippen molar-refractivity contribution < 1.29 is 13.6 Å². The van der Waals surface area contributed by atoms with Gasteiger partial charge in [0.25, 0.3) is 0 Å². The molecule has 8 heteroatoms. The molecular weight excluding hydrogens is 325 g/mol. The SMILES string of the molecule is Cc1nnc(CN(C)C(=O)NC2CCN(c3ccc(F)cc3)CC2)o1. The van der Waals surface area contributed by atoms with Gasteiger partial charge in [-0.05, 0) is 37.1 Å². The van der Waals surface area contributed by atoms with Crippen molar-refractivity contribution in [2.75, 3.05) is 25.0 Å². The van der Waals surface area contributed by atoms with Crippen LogP contribution in [0.3, 0.4) is 0 Å². The van der Waals surface area contributed by atoms with Gasteiger partial charge in [0.1, 0.15) is 12.4 Å². The van der Waals surface area contributed by atoms with Crippen LogP contribution < -0.4 is 10.2 Å². The van der Waals surface area contributed by atoms with Crippen LogP contribution in [0.15, 0.2) is 28.7 Å². The molecule has 1 aromatic heterocycles. The highest BCUT2D eigenvalue weighted by Crippen LogP contribution is 2.20. The number of carbonyl (C=O) groups excluding carboxylic acids is 1. The lowest BCUT2D eigenvalue weighted by Crippen LogP contribution is -2.48. The summed E-state index contributed by atoms with van der Waals surface area (Å²) in [5.41, 5.74) is 1.01. The van der Waals surface area contributed by atoms with Crippen LogP contribution in [-0.4, -0.2) is 47.3 Å². The third-order valence-electron chi connectivity index (χ3n) is 4.30. The average molecular weight is 347 g/mol. The van der Waals surface area contributed by atoms with Gasteiger partial charge in [0.2, 0.25) is 11.8 Å². The summed E-state index contributed by atoms with van der Waals surface area (Å²) in [5.74, 6) is 0.670. The van der Waals surface area contributed by atoms with Crippen LogP contribution in [0.5, 0.6) is 0 Å². The van der Waals surface area contributed by atoms with Gasteiger partial charge in [-0.25, -0.2) is 9.18 Å². The normalized spacial score (nSPS) is 15.2. The van der Waals surface area contributed by atoms with E-state index in [0.29, 0.717) is 11.8 Å². The number of halogens is 1. The number of nitrogens with zero attached hydrogens (tertiary/aromatic N) is 4. The Bertz CT molecular complexity index is 710. The molecule has 2 aromatic rings. The first-order chi connectivity index (χ1) is 12.0. The Labute approximate surface area is 145 Å². The number of aromatic nitrogens is 2. The minimum atomic E-state index is -0.231. The van der Waals surface area contributed by atoms with Crippen LogP contribution in [0.4, 0.5) is 14.9 Å². The maximum Gasteiger partial charge on any atom is 0.317 e. The van der Waals surface area contributed by atoms with Crippen LogP contribution in [-0.2, 0) is 6.54 Å². The van der Waals surface area contributed by atoms with Gasteiger partial charge in [-0.2, -0.15) is 0 Å². The number of aryl methyl sites for hydroxylation is 1. The Morgan fingerprint density at radius 1 is 1.32 bits per heavy atom. The van der Waals surface area contributed by atoms with Gasteiger partial charge in [-0.3, -0.25) is 0 Å². The number of carbonyl (C=O) groups is 1. The summed E-state index contributed by atoms with van der Waals surface area (Å²) >= 11 is 0. The van der Waals surface area contributed by atoms with Gasteiger partial charge >= 0.3 is 6.03 Å². The monoisotopic (exact) mass is 347 g/mol. The summed E-state index contributed by atoms with van der Waals surface area (Å²) in [7, 11) is 1.70. The first-order valence-electron chi connectivity index (χ1n) is 8.32. The summed E-state index contributed by atoms with van der Waals surface area (Å²) in [6.45, 7) is 3.64. The zero-order chi connectivity index (χ0) is 17.8. The minimum absolute atomic E-state index is 0.121. The molecule has 0 atom stereocenters. The van der Waals surface area contributed by atoms with Crippen molar-refractivity contribution in [1.29, 1.82) is 0 Å². The number of benzene rings is 1. The maximum absolute atomic E-state index is 13.0. The Kier molecular flexibility index (Phi) is 5.16. The molecule has 1 aliphatic heterocycles. The van der Waals surface area contributed by atoms with Crippen LogP contribution >= 0.6 is 0 Å². The largest absolute Gasteiger partial charge is 0.424 e. The van der Waals surface area contributed by atoms with Gasteiger partial charge in [0, 0.05) is 38.8 Å². The fourth-order valence-electron chi connectivity index (χ4n) is 2.89. The van der Waals surface area contributed by atoms with E-state index in [1.165, 1.54) is 17.0 Å². The fraction of sp³-hybridized carbons (Fsp3) is 0.471. The molecule has 2 amide bonds. The van der Waals surface area contributed by atoms with Crippen LogP contribution in [0.25, 0.3) is 0 Å². The van der Waals surface area contributed by atoms with Crippen molar-refractivity contribution in [2.24, 2.45) is 0 Å². The molecule has 7 nitrogen and oxygen atoms in total. The number of amides is 2. The second kappa shape index (κ2) is 7.50. The van der Waals surface area contributed by atoms with E-state index in [9.17, 15) is 9.18 Å². The first kappa shape index (κ1) is 17.2. The molecule has 1 aliphatic rings. The van der Waals surface area contributed by atoms with E-state index in [1.54, 1.807) is 26.1 Å². The third-order valence-corrected chi connectivity index (χ3v) is 4.30. The van der Waals surface area contributed by atoms with Crippen LogP contribution in [0, 0.1) is 12.7 Å². The fourth-order valence-corrected chi connectivity index (χ4v) is 2.89. The van der Waals surface area contributed by atoms with Gasteiger partial charge in [0.05, 0.1) is 0 Å². The molecule has 0 aliphatic carbocycles. The summed E-state index contributed by atoms with van der Waals surface area (Å²) < 4.78 is 18.3. The lowest BCUT2D eigenvalue weighted by atomic mass is 10.0. The predicted octanol–water partition coefficient (Wildman–Crippen LogP) is 2.33. The second-order valence-corrected chi connectivity index (χ2v) is 6.26. The average Bonchev–Trinajstić information content (AvgIpc) is 3.01. The topological polar surface area (TPSA) is 74.5 Å². The Hall–Kier alpha value is -2.64. The number of nitrogens with one attached hydrogen (secondary N) is 1.